The van der Waals surface area contributed by atoms with Crippen LogP contribution in [0.3, 0.4) is 0 Å². The first kappa shape index (κ1) is 26.7. The van der Waals surface area contributed by atoms with Gasteiger partial charge in [-0.1, -0.05) is 55.4 Å². The molecule has 0 aromatic carbocycles. The molecule has 0 bridgehead atoms. The molecular formula is C22H37F2N5. The molecule has 0 amide bonds. The van der Waals surface area contributed by atoms with E-state index in [9.17, 15) is 8.78 Å². The van der Waals surface area contributed by atoms with E-state index in [0.717, 1.165) is 17.0 Å². The van der Waals surface area contributed by atoms with Crippen molar-refractivity contribution in [3.63, 3.8) is 0 Å². The molecule has 164 valence electrons. The van der Waals surface area contributed by atoms with E-state index >= 15 is 0 Å². The van der Waals surface area contributed by atoms with Gasteiger partial charge in [0.25, 0.3) is 6.43 Å². The maximum atomic E-state index is 13.5. The highest BCUT2D eigenvalue weighted by molar-refractivity contribution is 5.77. The summed E-state index contributed by atoms with van der Waals surface area (Å²) >= 11 is 0. The van der Waals surface area contributed by atoms with Gasteiger partial charge in [0.05, 0.1) is 11.4 Å². The van der Waals surface area contributed by atoms with E-state index in [2.05, 4.69) is 29.0 Å². The molecule has 3 aromatic rings. The lowest BCUT2D eigenvalue weighted by molar-refractivity contribution is 0.146. The summed E-state index contributed by atoms with van der Waals surface area (Å²) in [5.41, 5.74) is 3.13. The Morgan fingerprint density at radius 1 is 0.931 bits per heavy atom. The number of nitrogens with zero attached hydrogens (tertiary/aromatic N) is 5. The average Bonchev–Trinajstić information content (AvgIpc) is 3.22. The number of halogens is 2. The van der Waals surface area contributed by atoms with Crippen LogP contribution >= 0.6 is 0 Å². The Bertz CT molecular complexity index is 879. The summed E-state index contributed by atoms with van der Waals surface area (Å²) in [6.45, 7) is 19.9. The van der Waals surface area contributed by atoms with Crippen LogP contribution in [0.1, 0.15) is 90.4 Å². The fourth-order valence-electron chi connectivity index (χ4n) is 3.13. The van der Waals surface area contributed by atoms with Gasteiger partial charge < -0.3 is 0 Å². The maximum absolute atomic E-state index is 13.5. The zero-order valence-electron chi connectivity index (χ0n) is 19.8. The molecule has 7 heteroatoms. The minimum Gasteiger partial charge on any atom is -0.273 e. The third kappa shape index (κ3) is 5.84. The molecule has 0 aliphatic carbocycles. The van der Waals surface area contributed by atoms with Crippen molar-refractivity contribution in [1.82, 2.24) is 24.5 Å². The van der Waals surface area contributed by atoms with E-state index in [1.807, 2.05) is 55.4 Å². The minimum atomic E-state index is -2.69. The van der Waals surface area contributed by atoms with Gasteiger partial charge in [-0.15, -0.1) is 0 Å². The topological polar surface area (TPSA) is 48.5 Å². The molecule has 0 fully saturated rings. The molecule has 0 saturated heterocycles. The van der Waals surface area contributed by atoms with Gasteiger partial charge in [-0.3, -0.25) is 4.68 Å². The lowest BCUT2D eigenvalue weighted by atomic mass is 10.0. The van der Waals surface area contributed by atoms with Crippen molar-refractivity contribution >= 4 is 11.0 Å². The summed E-state index contributed by atoms with van der Waals surface area (Å²) in [7, 11) is 1.74. The lowest BCUT2D eigenvalue weighted by Gasteiger charge is -2.11. The molecule has 0 aliphatic heterocycles. The maximum Gasteiger partial charge on any atom is 0.282 e. The Balaban J connectivity index is 0.00000120. The van der Waals surface area contributed by atoms with E-state index in [1.165, 1.54) is 0 Å². The molecule has 3 rings (SSSR count). The monoisotopic (exact) mass is 409 g/mol. The molecule has 0 radical (unpaired) electrons. The van der Waals surface area contributed by atoms with Crippen molar-refractivity contribution in [2.45, 2.75) is 81.6 Å². The fraction of sp³-hybridized carbons (Fsp3) is 0.591. The number of aromatic nitrogens is 5. The Morgan fingerprint density at radius 2 is 1.48 bits per heavy atom. The average molecular weight is 410 g/mol. The normalized spacial score (nSPS) is 10.2. The van der Waals surface area contributed by atoms with Gasteiger partial charge in [-0.05, 0) is 31.4 Å². The van der Waals surface area contributed by atoms with E-state index in [0.29, 0.717) is 16.7 Å². The third-order valence-corrected chi connectivity index (χ3v) is 3.98. The Hall–Kier alpha value is -2.31. The molecular weight excluding hydrogens is 372 g/mol. The highest BCUT2D eigenvalue weighted by Crippen LogP contribution is 2.31. The van der Waals surface area contributed by atoms with Crippen LogP contribution in [0.2, 0.25) is 0 Å². The summed E-state index contributed by atoms with van der Waals surface area (Å²) in [5, 5.41) is 9.29. The van der Waals surface area contributed by atoms with Crippen molar-refractivity contribution in [1.29, 1.82) is 0 Å². The van der Waals surface area contributed by atoms with Gasteiger partial charge in [-0.2, -0.15) is 10.2 Å². The summed E-state index contributed by atoms with van der Waals surface area (Å²) in [4.78, 5) is 4.05. The highest BCUT2D eigenvalue weighted by Gasteiger charge is 2.23. The van der Waals surface area contributed by atoms with Crippen molar-refractivity contribution in [2.75, 3.05) is 0 Å². The number of aryl methyl sites for hydroxylation is 2. The van der Waals surface area contributed by atoms with Gasteiger partial charge in [0, 0.05) is 24.3 Å². The molecule has 0 N–H and O–H groups in total. The second-order valence-electron chi connectivity index (χ2n) is 6.06. The molecule has 5 nitrogen and oxygen atoms in total. The van der Waals surface area contributed by atoms with Crippen LogP contribution in [0.4, 0.5) is 8.78 Å². The van der Waals surface area contributed by atoms with Crippen LogP contribution in [-0.4, -0.2) is 24.5 Å². The molecule has 0 saturated carbocycles. The minimum absolute atomic E-state index is 0.272. The Labute approximate surface area is 174 Å². The van der Waals surface area contributed by atoms with Crippen molar-refractivity contribution in [3.8, 4) is 5.69 Å². The predicted molar refractivity (Wildman–Crippen MR) is 118 cm³/mol. The largest absolute Gasteiger partial charge is 0.282 e. The summed E-state index contributed by atoms with van der Waals surface area (Å²) in [6, 6.07) is 1.68. The summed E-state index contributed by atoms with van der Waals surface area (Å²) in [6.07, 6.45) is -0.932. The molecule has 0 atom stereocenters. The van der Waals surface area contributed by atoms with Crippen LogP contribution in [0.25, 0.3) is 16.7 Å². The van der Waals surface area contributed by atoms with Gasteiger partial charge in [0.1, 0.15) is 5.69 Å². The second kappa shape index (κ2) is 12.3. The molecule has 0 unspecified atom stereocenters. The SMILES string of the molecule is CC.CC.CC.Cc1nn(-c2cc3cn(C)nc3nc2C(F)F)c(C)c1C(C)C. The van der Waals surface area contributed by atoms with Crippen molar-refractivity contribution in [2.24, 2.45) is 7.05 Å². The van der Waals surface area contributed by atoms with Crippen LogP contribution in [0.5, 0.6) is 0 Å². The molecule has 0 spiro atoms. The number of alkyl halides is 2. The Kier molecular flexibility index (Phi) is 11.3. The summed E-state index contributed by atoms with van der Waals surface area (Å²) in [5.74, 6) is 0.272. The first-order valence-corrected chi connectivity index (χ1v) is 10.5. The highest BCUT2D eigenvalue weighted by atomic mass is 19.3. The van der Waals surface area contributed by atoms with Gasteiger partial charge in [0.2, 0.25) is 0 Å². The van der Waals surface area contributed by atoms with Crippen molar-refractivity contribution in [3.05, 3.63) is 34.9 Å². The number of fused-ring (bicyclic) bond motifs is 1. The van der Waals surface area contributed by atoms with Crippen LogP contribution < -0.4 is 0 Å². The molecule has 3 aromatic heterocycles. The van der Waals surface area contributed by atoms with E-state index < -0.39 is 6.43 Å². The van der Waals surface area contributed by atoms with Crippen LogP contribution in [0.15, 0.2) is 12.3 Å². The number of rotatable bonds is 3. The zero-order chi connectivity index (χ0) is 22.9. The van der Waals surface area contributed by atoms with Gasteiger partial charge in [-0.25, -0.2) is 18.4 Å². The Morgan fingerprint density at radius 3 is 1.93 bits per heavy atom. The first-order valence-electron chi connectivity index (χ1n) is 10.5. The second-order valence-corrected chi connectivity index (χ2v) is 6.06. The summed E-state index contributed by atoms with van der Waals surface area (Å²) < 4.78 is 30.2. The first-order chi connectivity index (χ1) is 13.8. The molecule has 29 heavy (non-hydrogen) atoms. The smallest absolute Gasteiger partial charge is 0.273 e. The van der Waals surface area contributed by atoms with Gasteiger partial charge in [0.15, 0.2) is 5.65 Å². The lowest BCUT2D eigenvalue weighted by Crippen LogP contribution is -2.07. The molecule has 3 heterocycles. The standard InChI is InChI=1S/C16H19F2N5.3C2H6/c1-8(2)13-9(3)20-23(10(13)4)12-6-11-7-22(5)21-16(11)19-14(12)15(17)18;3*1-2/h6-8,15H,1-5H3;3*1-2H3. The number of hydrogen-bond donors (Lipinski definition) is 0. The zero-order valence-corrected chi connectivity index (χ0v) is 19.8. The van der Waals surface area contributed by atoms with Crippen molar-refractivity contribution < 1.29 is 8.78 Å². The number of hydrogen-bond acceptors (Lipinski definition) is 3. The number of pyridine rings is 1. The molecule has 0 aliphatic rings. The quantitative estimate of drug-likeness (QED) is 0.472. The van der Waals surface area contributed by atoms with E-state index in [4.69, 9.17) is 0 Å². The van der Waals surface area contributed by atoms with Crippen LogP contribution in [-0.2, 0) is 7.05 Å². The third-order valence-electron chi connectivity index (χ3n) is 3.98. The fourth-order valence-corrected chi connectivity index (χ4v) is 3.13. The van der Waals surface area contributed by atoms with E-state index in [1.54, 1.807) is 28.7 Å². The predicted octanol–water partition coefficient (Wildman–Crippen LogP) is 6.91. The van der Waals surface area contributed by atoms with E-state index in [-0.39, 0.29) is 11.6 Å². The van der Waals surface area contributed by atoms with Crippen LogP contribution in [0, 0.1) is 13.8 Å². The van der Waals surface area contributed by atoms with Gasteiger partial charge >= 0.3 is 0 Å².